The van der Waals surface area contributed by atoms with E-state index in [-0.39, 0.29) is 17.8 Å². The molecule has 2 aromatic rings. The van der Waals surface area contributed by atoms with Crippen LogP contribution in [0.2, 0.25) is 0 Å². The first-order chi connectivity index (χ1) is 11.7. The lowest BCUT2D eigenvalue weighted by atomic mass is 10.1. The molecular formula is C18H21FN4O. The summed E-state index contributed by atoms with van der Waals surface area (Å²) in [5.74, 6) is -0.270. The summed E-state index contributed by atoms with van der Waals surface area (Å²) in [7, 11) is 1.65. The van der Waals surface area contributed by atoms with Gasteiger partial charge in [0, 0.05) is 45.1 Å². The number of nitrogens with zero attached hydrogens (tertiary/aromatic N) is 3. The number of aromatic nitrogens is 1. The number of nitrogens with one attached hydrogen (secondary N) is 1. The first kappa shape index (κ1) is 16.4. The average molecular weight is 328 g/mol. The van der Waals surface area contributed by atoms with Gasteiger partial charge in [0.15, 0.2) is 0 Å². The molecule has 0 aliphatic carbocycles. The van der Waals surface area contributed by atoms with E-state index >= 15 is 0 Å². The number of piperazine rings is 1. The zero-order chi connectivity index (χ0) is 16.9. The summed E-state index contributed by atoms with van der Waals surface area (Å²) in [4.78, 5) is 20.9. The number of carbonyl (C=O) groups excluding carboxylic acids is 1. The van der Waals surface area contributed by atoms with Gasteiger partial charge < -0.3 is 10.2 Å². The molecule has 0 bridgehead atoms. The second-order valence-electron chi connectivity index (χ2n) is 5.84. The Morgan fingerprint density at radius 3 is 2.71 bits per heavy atom. The van der Waals surface area contributed by atoms with E-state index in [4.69, 9.17) is 0 Å². The number of hydrogen-bond acceptors (Lipinski definition) is 4. The van der Waals surface area contributed by atoms with Crippen molar-refractivity contribution in [1.29, 1.82) is 0 Å². The molecule has 1 aliphatic heterocycles. The molecule has 1 aliphatic rings. The van der Waals surface area contributed by atoms with E-state index < -0.39 is 0 Å². The lowest BCUT2D eigenvalue weighted by molar-refractivity contribution is -0.126. The third-order valence-corrected chi connectivity index (χ3v) is 4.32. The van der Waals surface area contributed by atoms with Crippen molar-refractivity contribution in [2.75, 3.05) is 31.6 Å². The molecule has 5 nitrogen and oxygen atoms in total. The fraction of sp³-hybridized carbons (Fsp3) is 0.333. The van der Waals surface area contributed by atoms with E-state index in [0.717, 1.165) is 24.5 Å². The van der Waals surface area contributed by atoms with Gasteiger partial charge in [0.1, 0.15) is 11.9 Å². The largest absolute Gasteiger partial charge is 0.368 e. The Hall–Kier alpha value is -2.47. The van der Waals surface area contributed by atoms with Crippen molar-refractivity contribution in [2.45, 2.75) is 12.6 Å². The van der Waals surface area contributed by atoms with Crippen molar-refractivity contribution < 1.29 is 9.18 Å². The van der Waals surface area contributed by atoms with Crippen LogP contribution < -0.4 is 10.2 Å². The summed E-state index contributed by atoms with van der Waals surface area (Å²) in [6, 6.07) is 11.9. The molecule has 0 saturated carbocycles. The van der Waals surface area contributed by atoms with Gasteiger partial charge in [-0.15, -0.1) is 0 Å². The van der Waals surface area contributed by atoms with E-state index in [1.165, 1.54) is 12.1 Å². The second kappa shape index (κ2) is 7.40. The van der Waals surface area contributed by atoms with Crippen LogP contribution in [0.3, 0.4) is 0 Å². The zero-order valence-corrected chi connectivity index (χ0v) is 13.7. The van der Waals surface area contributed by atoms with Gasteiger partial charge in [0.05, 0.1) is 5.69 Å². The predicted molar refractivity (Wildman–Crippen MR) is 91.1 cm³/mol. The minimum atomic E-state index is -0.268. The molecule has 1 saturated heterocycles. The molecule has 1 aromatic carbocycles. The summed E-state index contributed by atoms with van der Waals surface area (Å²) in [6.07, 6.45) is 1.76. The summed E-state index contributed by atoms with van der Waals surface area (Å²) in [5, 5.41) is 2.74. The summed E-state index contributed by atoms with van der Waals surface area (Å²) >= 11 is 0. The SMILES string of the molecule is CNC(=O)C1CN(c2ccc(F)cc2)CCN1Cc1ccccn1. The Morgan fingerprint density at radius 2 is 2.04 bits per heavy atom. The van der Waals surface area contributed by atoms with Crippen LogP contribution in [0.15, 0.2) is 48.7 Å². The summed E-state index contributed by atoms with van der Waals surface area (Å²) in [5.41, 5.74) is 1.88. The van der Waals surface area contributed by atoms with Crippen LogP contribution in [-0.4, -0.2) is 48.5 Å². The fourth-order valence-electron chi connectivity index (χ4n) is 3.01. The maximum atomic E-state index is 13.1. The van der Waals surface area contributed by atoms with E-state index in [1.54, 1.807) is 25.4 Å². The standard InChI is InChI=1S/C18H21FN4O/c1-20-18(24)17-13-22(16-7-5-14(19)6-8-16)10-11-23(17)12-15-4-2-3-9-21-15/h2-9,17H,10-13H2,1H3,(H,20,24). The lowest BCUT2D eigenvalue weighted by Crippen LogP contribution is -2.58. The van der Waals surface area contributed by atoms with E-state index in [9.17, 15) is 9.18 Å². The zero-order valence-electron chi connectivity index (χ0n) is 13.7. The molecule has 1 unspecified atom stereocenters. The van der Waals surface area contributed by atoms with Crippen molar-refractivity contribution in [3.8, 4) is 0 Å². The van der Waals surface area contributed by atoms with E-state index in [0.29, 0.717) is 13.1 Å². The molecule has 1 amide bonds. The van der Waals surface area contributed by atoms with Crippen LogP contribution in [0.5, 0.6) is 0 Å². The van der Waals surface area contributed by atoms with Crippen LogP contribution in [-0.2, 0) is 11.3 Å². The molecule has 1 N–H and O–H groups in total. The topological polar surface area (TPSA) is 48.5 Å². The van der Waals surface area contributed by atoms with Crippen LogP contribution in [0.1, 0.15) is 5.69 Å². The molecule has 1 fully saturated rings. The third kappa shape index (κ3) is 3.71. The molecule has 2 heterocycles. The highest BCUT2D eigenvalue weighted by Gasteiger charge is 2.32. The number of halogens is 1. The molecule has 0 spiro atoms. The number of benzene rings is 1. The van der Waals surface area contributed by atoms with Gasteiger partial charge in [0.2, 0.25) is 5.91 Å². The van der Waals surface area contributed by atoms with E-state index in [2.05, 4.69) is 20.1 Å². The van der Waals surface area contributed by atoms with Crippen LogP contribution in [0.25, 0.3) is 0 Å². The first-order valence-electron chi connectivity index (χ1n) is 8.03. The smallest absolute Gasteiger partial charge is 0.238 e. The van der Waals surface area contributed by atoms with Crippen LogP contribution >= 0.6 is 0 Å². The Labute approximate surface area is 141 Å². The molecule has 6 heteroatoms. The quantitative estimate of drug-likeness (QED) is 0.927. The number of rotatable bonds is 4. The van der Waals surface area contributed by atoms with Crippen molar-refractivity contribution >= 4 is 11.6 Å². The van der Waals surface area contributed by atoms with Crippen LogP contribution in [0.4, 0.5) is 10.1 Å². The molecule has 24 heavy (non-hydrogen) atoms. The van der Waals surface area contributed by atoms with Gasteiger partial charge in [-0.05, 0) is 36.4 Å². The maximum absolute atomic E-state index is 13.1. The minimum absolute atomic E-state index is 0.0160. The third-order valence-electron chi connectivity index (χ3n) is 4.32. The Bertz CT molecular complexity index is 677. The lowest BCUT2D eigenvalue weighted by Gasteiger charge is -2.41. The molecule has 1 atom stereocenters. The predicted octanol–water partition coefficient (Wildman–Crippen LogP) is 1.66. The number of carbonyl (C=O) groups is 1. The number of pyridine rings is 1. The molecule has 3 rings (SSSR count). The van der Waals surface area contributed by atoms with Crippen molar-refractivity contribution in [2.24, 2.45) is 0 Å². The highest BCUT2D eigenvalue weighted by Crippen LogP contribution is 2.21. The number of amides is 1. The highest BCUT2D eigenvalue weighted by molar-refractivity contribution is 5.82. The number of hydrogen-bond donors (Lipinski definition) is 1. The average Bonchev–Trinajstić information content (AvgIpc) is 2.63. The Balaban J connectivity index is 1.75. The van der Waals surface area contributed by atoms with Gasteiger partial charge in [-0.1, -0.05) is 6.07 Å². The number of likely N-dealkylation sites (N-methyl/N-ethyl adjacent to an activating group) is 1. The minimum Gasteiger partial charge on any atom is -0.368 e. The van der Waals surface area contributed by atoms with Crippen molar-refractivity contribution in [3.05, 3.63) is 60.2 Å². The van der Waals surface area contributed by atoms with E-state index in [1.807, 2.05) is 18.2 Å². The molecular weight excluding hydrogens is 307 g/mol. The second-order valence-corrected chi connectivity index (χ2v) is 5.84. The summed E-state index contributed by atoms with van der Waals surface area (Å²) in [6.45, 7) is 2.73. The normalized spacial score (nSPS) is 18.4. The molecule has 126 valence electrons. The highest BCUT2D eigenvalue weighted by atomic mass is 19.1. The first-order valence-corrected chi connectivity index (χ1v) is 8.03. The monoisotopic (exact) mass is 328 g/mol. The van der Waals surface area contributed by atoms with Gasteiger partial charge in [-0.3, -0.25) is 14.7 Å². The molecule has 0 radical (unpaired) electrons. The van der Waals surface area contributed by atoms with Gasteiger partial charge >= 0.3 is 0 Å². The Kier molecular flexibility index (Phi) is 5.05. The van der Waals surface area contributed by atoms with Crippen LogP contribution in [0, 0.1) is 5.82 Å². The fourth-order valence-corrected chi connectivity index (χ4v) is 3.01. The maximum Gasteiger partial charge on any atom is 0.238 e. The van der Waals surface area contributed by atoms with Gasteiger partial charge in [0.25, 0.3) is 0 Å². The summed E-state index contributed by atoms with van der Waals surface area (Å²) < 4.78 is 13.1. The van der Waals surface area contributed by atoms with Gasteiger partial charge in [-0.25, -0.2) is 4.39 Å². The number of anilines is 1. The Morgan fingerprint density at radius 1 is 1.25 bits per heavy atom. The van der Waals surface area contributed by atoms with Crippen molar-refractivity contribution in [1.82, 2.24) is 15.2 Å². The molecule has 1 aromatic heterocycles. The van der Waals surface area contributed by atoms with Gasteiger partial charge in [-0.2, -0.15) is 0 Å². The van der Waals surface area contributed by atoms with Crippen molar-refractivity contribution in [3.63, 3.8) is 0 Å².